The summed E-state index contributed by atoms with van der Waals surface area (Å²) in [6, 6.07) is 10.4. The highest BCUT2D eigenvalue weighted by Gasteiger charge is 2.16. The van der Waals surface area contributed by atoms with Gasteiger partial charge in [-0.1, -0.05) is 16.8 Å². The number of aromatic carboxylic acids is 1. The van der Waals surface area contributed by atoms with Crippen molar-refractivity contribution in [2.75, 3.05) is 5.32 Å². The number of benzene rings is 2. The van der Waals surface area contributed by atoms with E-state index in [-0.39, 0.29) is 23.6 Å². The Morgan fingerprint density at radius 2 is 2.04 bits per heavy atom. The van der Waals surface area contributed by atoms with Crippen molar-refractivity contribution < 1.29 is 19.2 Å². The summed E-state index contributed by atoms with van der Waals surface area (Å²) < 4.78 is 5.99. The molecule has 1 aromatic heterocycles. The van der Waals surface area contributed by atoms with Gasteiger partial charge >= 0.3 is 5.97 Å². The van der Waals surface area contributed by atoms with Gasteiger partial charge in [0.2, 0.25) is 5.91 Å². The fourth-order valence-corrected chi connectivity index (χ4v) is 2.87. The van der Waals surface area contributed by atoms with Crippen molar-refractivity contribution in [3.8, 4) is 0 Å². The van der Waals surface area contributed by atoms with E-state index in [9.17, 15) is 14.7 Å². The minimum Gasteiger partial charge on any atom is -0.478 e. The average Bonchev–Trinajstić information content (AvgIpc) is 2.91. The molecule has 0 saturated carbocycles. The molecule has 0 fully saturated rings. The summed E-state index contributed by atoms with van der Waals surface area (Å²) in [6.45, 7) is 1.95. The SMILES string of the molecule is Cc1ccc2onc(CC(=O)Nc3ccc(I)cc3C(=O)O)c2c1. The second kappa shape index (κ2) is 6.60. The van der Waals surface area contributed by atoms with E-state index in [1.165, 1.54) is 6.07 Å². The molecule has 122 valence electrons. The summed E-state index contributed by atoms with van der Waals surface area (Å²) in [6.07, 6.45) is 0.00149. The minimum atomic E-state index is -1.09. The molecular formula is C17H13IN2O4. The number of nitrogens with zero attached hydrogens (tertiary/aromatic N) is 1. The van der Waals surface area contributed by atoms with Crippen LogP contribution in [0, 0.1) is 10.5 Å². The molecule has 2 N–H and O–H groups in total. The van der Waals surface area contributed by atoms with E-state index in [1.807, 2.05) is 41.6 Å². The normalized spacial score (nSPS) is 10.8. The summed E-state index contributed by atoms with van der Waals surface area (Å²) in [5.41, 5.74) is 2.49. The lowest BCUT2D eigenvalue weighted by atomic mass is 10.1. The Morgan fingerprint density at radius 1 is 1.25 bits per heavy atom. The number of aryl methyl sites for hydroxylation is 1. The summed E-state index contributed by atoms with van der Waals surface area (Å²) in [7, 11) is 0. The van der Waals surface area contributed by atoms with Gasteiger partial charge in [-0.2, -0.15) is 0 Å². The fraction of sp³-hybridized carbons (Fsp3) is 0.118. The van der Waals surface area contributed by atoms with E-state index in [0.717, 1.165) is 14.5 Å². The van der Waals surface area contributed by atoms with Gasteiger partial charge in [0.1, 0.15) is 5.69 Å². The molecule has 3 aromatic rings. The Morgan fingerprint density at radius 3 is 2.79 bits per heavy atom. The highest BCUT2D eigenvalue weighted by atomic mass is 127. The Labute approximate surface area is 151 Å². The molecule has 7 heteroatoms. The first kappa shape index (κ1) is 16.4. The van der Waals surface area contributed by atoms with Crippen molar-refractivity contribution in [2.45, 2.75) is 13.3 Å². The Bertz CT molecular complexity index is 949. The number of anilines is 1. The molecule has 24 heavy (non-hydrogen) atoms. The number of nitrogens with one attached hydrogen (secondary N) is 1. The molecule has 0 aliphatic heterocycles. The zero-order chi connectivity index (χ0) is 17.3. The molecule has 0 unspecified atom stereocenters. The van der Waals surface area contributed by atoms with Crippen LogP contribution in [0.3, 0.4) is 0 Å². The minimum absolute atomic E-state index is 0.00149. The number of carboxylic acids is 1. The summed E-state index contributed by atoms with van der Waals surface area (Å²) in [4.78, 5) is 23.6. The number of fused-ring (bicyclic) bond motifs is 1. The molecule has 0 aliphatic rings. The van der Waals surface area contributed by atoms with Gasteiger partial charge in [0.15, 0.2) is 5.58 Å². The molecule has 1 amide bonds. The van der Waals surface area contributed by atoms with Gasteiger partial charge in [-0.05, 0) is 59.8 Å². The van der Waals surface area contributed by atoms with Crippen molar-refractivity contribution >= 4 is 51.1 Å². The van der Waals surface area contributed by atoms with Gasteiger partial charge in [0.05, 0.1) is 17.7 Å². The van der Waals surface area contributed by atoms with Crippen LogP contribution in [0.5, 0.6) is 0 Å². The number of halogens is 1. The third kappa shape index (κ3) is 3.40. The molecule has 2 aromatic carbocycles. The fourth-order valence-electron chi connectivity index (χ4n) is 2.38. The van der Waals surface area contributed by atoms with Crippen LogP contribution >= 0.6 is 22.6 Å². The number of rotatable bonds is 4. The second-order valence-electron chi connectivity index (χ2n) is 5.35. The molecule has 0 saturated heterocycles. The zero-order valence-electron chi connectivity index (χ0n) is 12.7. The van der Waals surface area contributed by atoms with Crippen LogP contribution in [-0.2, 0) is 11.2 Å². The average molecular weight is 436 g/mol. The predicted molar refractivity (Wildman–Crippen MR) is 97.2 cm³/mol. The molecule has 3 rings (SSSR count). The highest BCUT2D eigenvalue weighted by molar-refractivity contribution is 14.1. The molecule has 0 aliphatic carbocycles. The Balaban J connectivity index is 1.83. The number of aromatic nitrogens is 1. The van der Waals surface area contributed by atoms with Crippen LogP contribution in [0.1, 0.15) is 21.6 Å². The molecular weight excluding hydrogens is 423 g/mol. The first-order valence-corrected chi connectivity index (χ1v) is 8.19. The topological polar surface area (TPSA) is 92.4 Å². The number of carbonyl (C=O) groups is 2. The van der Waals surface area contributed by atoms with Gasteiger partial charge < -0.3 is 14.9 Å². The Hall–Kier alpha value is -2.42. The lowest BCUT2D eigenvalue weighted by Gasteiger charge is -2.08. The van der Waals surface area contributed by atoms with Crippen LogP contribution in [0.4, 0.5) is 5.69 Å². The molecule has 1 heterocycles. The maximum absolute atomic E-state index is 12.3. The largest absolute Gasteiger partial charge is 0.478 e. The van der Waals surface area contributed by atoms with E-state index in [0.29, 0.717) is 11.3 Å². The van der Waals surface area contributed by atoms with Crippen molar-refractivity contribution in [1.29, 1.82) is 0 Å². The molecule has 0 atom stereocenters. The molecule has 0 radical (unpaired) electrons. The highest BCUT2D eigenvalue weighted by Crippen LogP contribution is 2.22. The first-order valence-electron chi connectivity index (χ1n) is 7.11. The number of amides is 1. The van der Waals surface area contributed by atoms with Gasteiger partial charge in [0.25, 0.3) is 0 Å². The van der Waals surface area contributed by atoms with Gasteiger partial charge in [0, 0.05) is 8.96 Å². The van der Waals surface area contributed by atoms with Crippen LogP contribution in [0.15, 0.2) is 40.9 Å². The summed E-state index contributed by atoms with van der Waals surface area (Å²) in [5.74, 6) is -1.44. The number of hydrogen-bond donors (Lipinski definition) is 2. The van der Waals surface area contributed by atoms with E-state index in [1.54, 1.807) is 18.2 Å². The predicted octanol–water partition coefficient (Wildman–Crippen LogP) is 3.62. The maximum Gasteiger partial charge on any atom is 0.337 e. The Kier molecular flexibility index (Phi) is 4.52. The van der Waals surface area contributed by atoms with Crippen LogP contribution in [0.2, 0.25) is 0 Å². The molecule has 6 nitrogen and oxygen atoms in total. The second-order valence-corrected chi connectivity index (χ2v) is 6.59. The van der Waals surface area contributed by atoms with Crippen molar-refractivity contribution in [3.63, 3.8) is 0 Å². The smallest absolute Gasteiger partial charge is 0.337 e. The van der Waals surface area contributed by atoms with Crippen LogP contribution < -0.4 is 5.32 Å². The maximum atomic E-state index is 12.3. The van der Waals surface area contributed by atoms with Crippen LogP contribution in [-0.4, -0.2) is 22.1 Å². The number of hydrogen-bond acceptors (Lipinski definition) is 4. The number of carbonyl (C=O) groups excluding carboxylic acids is 1. The van der Waals surface area contributed by atoms with E-state index in [2.05, 4.69) is 10.5 Å². The third-order valence-corrected chi connectivity index (χ3v) is 4.19. The summed E-state index contributed by atoms with van der Waals surface area (Å²) >= 11 is 2.02. The van der Waals surface area contributed by atoms with Gasteiger partial charge in [-0.3, -0.25) is 4.79 Å². The number of carboxylic acid groups (broad SMARTS) is 1. The van der Waals surface area contributed by atoms with E-state index in [4.69, 9.17) is 4.52 Å². The van der Waals surface area contributed by atoms with Gasteiger partial charge in [-0.15, -0.1) is 0 Å². The summed E-state index contributed by atoms with van der Waals surface area (Å²) in [5, 5.41) is 16.6. The van der Waals surface area contributed by atoms with E-state index < -0.39 is 5.97 Å². The standard InChI is InChI=1S/C17H13IN2O4/c1-9-2-5-15-11(6-9)14(20-24-15)8-16(21)19-13-4-3-10(18)7-12(13)17(22)23/h2-7H,8H2,1H3,(H,19,21)(H,22,23). The quantitative estimate of drug-likeness (QED) is 0.610. The first-order chi connectivity index (χ1) is 11.4. The van der Waals surface area contributed by atoms with Gasteiger partial charge in [-0.25, -0.2) is 4.79 Å². The lowest BCUT2D eigenvalue weighted by molar-refractivity contribution is -0.115. The van der Waals surface area contributed by atoms with Crippen molar-refractivity contribution in [2.24, 2.45) is 0 Å². The molecule has 0 bridgehead atoms. The monoisotopic (exact) mass is 436 g/mol. The zero-order valence-corrected chi connectivity index (χ0v) is 14.8. The third-order valence-electron chi connectivity index (χ3n) is 3.51. The molecule has 0 spiro atoms. The van der Waals surface area contributed by atoms with E-state index >= 15 is 0 Å². The van der Waals surface area contributed by atoms with Crippen molar-refractivity contribution in [1.82, 2.24) is 5.16 Å². The van der Waals surface area contributed by atoms with Crippen LogP contribution in [0.25, 0.3) is 11.0 Å². The lowest BCUT2D eigenvalue weighted by Crippen LogP contribution is -2.17. The van der Waals surface area contributed by atoms with Crippen molar-refractivity contribution in [3.05, 3.63) is 56.8 Å².